The molecule has 2 aromatic carbocycles. The molecule has 0 saturated heterocycles. The van der Waals surface area contributed by atoms with Crippen LogP contribution in [0.15, 0.2) is 51.4 Å². The van der Waals surface area contributed by atoms with Gasteiger partial charge in [0, 0.05) is 16.1 Å². The molecule has 2 aromatic rings. The summed E-state index contributed by atoms with van der Waals surface area (Å²) in [5.74, 6) is 1.58. The Bertz CT molecular complexity index is 572. The minimum absolute atomic E-state index is 0.00887. The number of rotatable bonds is 4. The lowest BCUT2D eigenvalue weighted by atomic mass is 10.0. The second kappa shape index (κ2) is 6.55. The highest BCUT2D eigenvalue weighted by molar-refractivity contribution is 9.11. The number of hydrogen-bond donors (Lipinski definition) is 1. The van der Waals surface area contributed by atoms with E-state index in [0.717, 1.165) is 32.4 Å². The zero-order valence-corrected chi connectivity index (χ0v) is 13.7. The van der Waals surface area contributed by atoms with Crippen molar-refractivity contribution in [3.63, 3.8) is 0 Å². The Balaban J connectivity index is 2.33. The maximum Gasteiger partial charge on any atom is 0.141 e. The van der Waals surface area contributed by atoms with Crippen LogP contribution in [0.3, 0.4) is 0 Å². The van der Waals surface area contributed by atoms with Gasteiger partial charge in [0.15, 0.2) is 0 Å². The lowest BCUT2D eigenvalue weighted by Crippen LogP contribution is -2.09. The molecule has 0 amide bonds. The first-order valence-electron chi connectivity index (χ1n) is 6.09. The third kappa shape index (κ3) is 3.59. The first-order chi connectivity index (χ1) is 9.11. The summed E-state index contributed by atoms with van der Waals surface area (Å²) < 4.78 is 7.88. The minimum Gasteiger partial charge on any atom is -0.456 e. The van der Waals surface area contributed by atoms with Crippen molar-refractivity contribution in [1.29, 1.82) is 0 Å². The van der Waals surface area contributed by atoms with Crippen molar-refractivity contribution < 1.29 is 4.74 Å². The van der Waals surface area contributed by atoms with Crippen LogP contribution < -0.4 is 10.5 Å². The molecular formula is C15H15Br2NO. The summed E-state index contributed by atoms with van der Waals surface area (Å²) in [6, 6.07) is 13.7. The van der Waals surface area contributed by atoms with E-state index in [0.29, 0.717) is 0 Å². The summed E-state index contributed by atoms with van der Waals surface area (Å²) in [7, 11) is 0. The van der Waals surface area contributed by atoms with Gasteiger partial charge < -0.3 is 10.5 Å². The molecule has 100 valence electrons. The maximum atomic E-state index is 6.11. The van der Waals surface area contributed by atoms with Crippen LogP contribution in [0.4, 0.5) is 0 Å². The maximum absolute atomic E-state index is 6.11. The van der Waals surface area contributed by atoms with Crippen LogP contribution >= 0.6 is 31.9 Å². The van der Waals surface area contributed by atoms with Gasteiger partial charge in [-0.15, -0.1) is 0 Å². The zero-order valence-electron chi connectivity index (χ0n) is 10.6. The molecule has 0 saturated carbocycles. The highest BCUT2D eigenvalue weighted by Crippen LogP contribution is 2.35. The molecular weight excluding hydrogens is 370 g/mol. The van der Waals surface area contributed by atoms with Crippen LogP contribution in [0.2, 0.25) is 0 Å². The molecule has 2 N–H and O–H groups in total. The van der Waals surface area contributed by atoms with E-state index in [1.165, 1.54) is 0 Å². The molecule has 1 atom stereocenters. The quantitative estimate of drug-likeness (QED) is 0.764. The summed E-state index contributed by atoms with van der Waals surface area (Å²) in [6.45, 7) is 2.07. The van der Waals surface area contributed by atoms with Gasteiger partial charge in [-0.1, -0.05) is 41.1 Å². The molecule has 0 aliphatic carbocycles. The average molecular weight is 385 g/mol. The fourth-order valence-electron chi connectivity index (χ4n) is 1.78. The molecule has 0 aliphatic rings. The predicted octanol–water partition coefficient (Wildman–Crippen LogP) is 5.41. The highest BCUT2D eigenvalue weighted by atomic mass is 79.9. The van der Waals surface area contributed by atoms with E-state index in [1.54, 1.807) is 0 Å². The van der Waals surface area contributed by atoms with Gasteiger partial charge in [0.1, 0.15) is 11.5 Å². The average Bonchev–Trinajstić information content (AvgIpc) is 2.41. The molecule has 0 spiro atoms. The van der Waals surface area contributed by atoms with Crippen LogP contribution in [0, 0.1) is 0 Å². The molecule has 4 heteroatoms. The summed E-state index contributed by atoms with van der Waals surface area (Å²) in [6.07, 6.45) is 0.877. The lowest BCUT2D eigenvalue weighted by molar-refractivity contribution is 0.466. The molecule has 2 rings (SSSR count). The van der Waals surface area contributed by atoms with Crippen LogP contribution in [0.1, 0.15) is 24.9 Å². The largest absolute Gasteiger partial charge is 0.456 e. The molecule has 0 aliphatic heterocycles. The molecule has 2 nitrogen and oxygen atoms in total. The normalized spacial score (nSPS) is 12.2. The van der Waals surface area contributed by atoms with Crippen molar-refractivity contribution in [3.05, 3.63) is 57.0 Å². The van der Waals surface area contributed by atoms with Crippen molar-refractivity contribution in [2.24, 2.45) is 5.73 Å². The summed E-state index contributed by atoms with van der Waals surface area (Å²) in [5.41, 5.74) is 7.14. The number of halogens is 2. The van der Waals surface area contributed by atoms with Gasteiger partial charge in [-0.2, -0.15) is 0 Å². The molecule has 1 unspecified atom stereocenters. The van der Waals surface area contributed by atoms with E-state index in [9.17, 15) is 0 Å². The number of nitrogens with two attached hydrogens (primary N) is 1. The number of hydrogen-bond acceptors (Lipinski definition) is 2. The van der Waals surface area contributed by atoms with Crippen LogP contribution in [-0.2, 0) is 0 Å². The SMILES string of the molecule is CCC(N)c1ccccc1Oc1ccc(Br)cc1Br. The first-order valence-corrected chi connectivity index (χ1v) is 7.67. The Morgan fingerprint density at radius 3 is 2.53 bits per heavy atom. The lowest BCUT2D eigenvalue weighted by Gasteiger charge is -2.16. The van der Waals surface area contributed by atoms with Crippen LogP contribution in [0.5, 0.6) is 11.5 Å². The molecule has 0 aromatic heterocycles. The van der Waals surface area contributed by atoms with E-state index in [1.807, 2.05) is 42.5 Å². The Kier molecular flexibility index (Phi) is 5.02. The van der Waals surface area contributed by atoms with Crippen molar-refractivity contribution in [3.8, 4) is 11.5 Å². The highest BCUT2D eigenvalue weighted by Gasteiger charge is 2.11. The minimum atomic E-state index is -0.00887. The molecule has 19 heavy (non-hydrogen) atoms. The van der Waals surface area contributed by atoms with Gasteiger partial charge >= 0.3 is 0 Å². The van der Waals surface area contributed by atoms with Gasteiger partial charge in [0.05, 0.1) is 4.47 Å². The van der Waals surface area contributed by atoms with Gasteiger partial charge in [0.25, 0.3) is 0 Å². The Morgan fingerprint density at radius 1 is 1.11 bits per heavy atom. The van der Waals surface area contributed by atoms with Crippen LogP contribution in [0.25, 0.3) is 0 Å². The van der Waals surface area contributed by atoms with Gasteiger partial charge in [-0.25, -0.2) is 0 Å². The van der Waals surface area contributed by atoms with Crippen molar-refractivity contribution in [2.45, 2.75) is 19.4 Å². The van der Waals surface area contributed by atoms with Gasteiger partial charge in [0.2, 0.25) is 0 Å². The molecule has 0 heterocycles. The number of ether oxygens (including phenoxy) is 1. The number of para-hydroxylation sites is 1. The zero-order chi connectivity index (χ0) is 13.8. The van der Waals surface area contributed by atoms with Crippen molar-refractivity contribution in [1.82, 2.24) is 0 Å². The van der Waals surface area contributed by atoms with E-state index in [4.69, 9.17) is 10.5 Å². The first kappa shape index (κ1) is 14.6. The number of benzene rings is 2. The summed E-state index contributed by atoms with van der Waals surface area (Å²) in [4.78, 5) is 0. The van der Waals surface area contributed by atoms with E-state index in [2.05, 4.69) is 38.8 Å². The Morgan fingerprint density at radius 2 is 1.84 bits per heavy atom. The monoisotopic (exact) mass is 383 g/mol. The van der Waals surface area contributed by atoms with Crippen molar-refractivity contribution >= 4 is 31.9 Å². The second-order valence-electron chi connectivity index (χ2n) is 4.23. The van der Waals surface area contributed by atoms with E-state index >= 15 is 0 Å². The molecule has 0 bridgehead atoms. The summed E-state index contributed by atoms with van der Waals surface area (Å²) >= 11 is 6.92. The Labute approximate surface area is 130 Å². The molecule has 0 radical (unpaired) electrons. The van der Waals surface area contributed by atoms with E-state index in [-0.39, 0.29) is 6.04 Å². The van der Waals surface area contributed by atoms with Crippen molar-refractivity contribution in [2.75, 3.05) is 0 Å². The van der Waals surface area contributed by atoms with E-state index < -0.39 is 0 Å². The van der Waals surface area contributed by atoms with Crippen LogP contribution in [-0.4, -0.2) is 0 Å². The van der Waals surface area contributed by atoms with Gasteiger partial charge in [-0.05, 0) is 46.6 Å². The Hall–Kier alpha value is -0.840. The standard InChI is InChI=1S/C15H15Br2NO/c1-2-13(18)11-5-3-4-6-14(11)19-15-8-7-10(16)9-12(15)17/h3-9,13H,2,18H2,1H3. The second-order valence-corrected chi connectivity index (χ2v) is 6.00. The topological polar surface area (TPSA) is 35.2 Å². The predicted molar refractivity (Wildman–Crippen MR) is 85.6 cm³/mol. The fraction of sp³-hybridized carbons (Fsp3) is 0.200. The third-order valence-electron chi connectivity index (χ3n) is 2.87. The summed E-state index contributed by atoms with van der Waals surface area (Å²) in [5, 5.41) is 0. The third-order valence-corrected chi connectivity index (χ3v) is 3.99. The molecule has 0 fully saturated rings. The smallest absolute Gasteiger partial charge is 0.141 e. The van der Waals surface area contributed by atoms with Gasteiger partial charge in [-0.3, -0.25) is 0 Å². The fourth-order valence-corrected chi connectivity index (χ4v) is 2.90.